The van der Waals surface area contributed by atoms with Crippen molar-refractivity contribution in [2.45, 2.75) is 65.5 Å². The Bertz CT molecular complexity index is 1860. The van der Waals surface area contributed by atoms with Gasteiger partial charge >= 0.3 is 5.69 Å². The topological polar surface area (TPSA) is 100 Å². The number of amides is 1. The Hall–Kier alpha value is -4.38. The number of hydrogen-bond donors (Lipinski definition) is 0. The summed E-state index contributed by atoms with van der Waals surface area (Å²) in [5.74, 6) is 0.0788. The molecular weight excluding hydrogens is 607 g/mol. The van der Waals surface area contributed by atoms with E-state index in [1.54, 1.807) is 29.2 Å². The maximum absolute atomic E-state index is 15.2. The van der Waals surface area contributed by atoms with Gasteiger partial charge in [0.1, 0.15) is 11.6 Å². The number of halogens is 2. The molecule has 12 heteroatoms. The normalized spacial score (nSPS) is 16.9. The van der Waals surface area contributed by atoms with Crippen LogP contribution in [0.2, 0.25) is 5.02 Å². The van der Waals surface area contributed by atoms with Crippen LogP contribution in [0.5, 0.6) is 0 Å². The lowest BCUT2D eigenvalue weighted by Crippen LogP contribution is -2.58. The smallest absolute Gasteiger partial charge is 0.349 e. The molecule has 1 fully saturated rings. The van der Waals surface area contributed by atoms with Crippen LogP contribution in [0.25, 0.3) is 28.0 Å². The van der Waals surface area contributed by atoms with Gasteiger partial charge in [-0.3, -0.25) is 4.79 Å². The van der Waals surface area contributed by atoms with Crippen LogP contribution in [0.4, 0.5) is 16.2 Å². The van der Waals surface area contributed by atoms with Crippen LogP contribution in [0.1, 0.15) is 64.8 Å². The molecule has 1 aliphatic heterocycles. The number of hydrogen-bond acceptors (Lipinski definition) is 8. The minimum Gasteiger partial charge on any atom is -0.349 e. The second kappa shape index (κ2) is 12.8. The highest BCUT2D eigenvalue weighted by Crippen LogP contribution is 2.37. The van der Waals surface area contributed by atoms with Crippen molar-refractivity contribution in [1.29, 1.82) is 0 Å². The van der Waals surface area contributed by atoms with E-state index < -0.39 is 11.5 Å². The number of carbonyl (C=O) groups is 1. The van der Waals surface area contributed by atoms with E-state index in [0.29, 0.717) is 47.3 Å². The van der Waals surface area contributed by atoms with E-state index in [-0.39, 0.29) is 51.8 Å². The van der Waals surface area contributed by atoms with E-state index in [2.05, 4.69) is 11.6 Å². The minimum atomic E-state index is -0.578. The predicted octanol–water partition coefficient (Wildman–Crippen LogP) is 5.95. The second-order valence-corrected chi connectivity index (χ2v) is 13.0. The molecule has 46 heavy (non-hydrogen) atoms. The van der Waals surface area contributed by atoms with Gasteiger partial charge in [-0.15, -0.1) is 0 Å². The molecule has 2 unspecified atom stereocenters. The van der Waals surface area contributed by atoms with Gasteiger partial charge in [-0.25, -0.2) is 28.7 Å². The zero-order valence-corrected chi connectivity index (χ0v) is 28.3. The van der Waals surface area contributed by atoms with E-state index in [1.807, 2.05) is 65.4 Å². The summed E-state index contributed by atoms with van der Waals surface area (Å²) in [7, 11) is 3.74. The molecule has 242 valence electrons. The van der Waals surface area contributed by atoms with Gasteiger partial charge in [0, 0.05) is 44.8 Å². The first-order chi connectivity index (χ1) is 21.7. The lowest BCUT2D eigenvalue weighted by molar-refractivity contribution is -0.128. The van der Waals surface area contributed by atoms with Crippen LogP contribution in [0, 0.1) is 5.82 Å². The summed E-state index contributed by atoms with van der Waals surface area (Å²) < 4.78 is 16.6. The second-order valence-electron chi connectivity index (χ2n) is 12.6. The molecule has 1 aliphatic rings. The van der Waals surface area contributed by atoms with Crippen LogP contribution >= 0.6 is 11.6 Å². The van der Waals surface area contributed by atoms with Gasteiger partial charge in [-0.1, -0.05) is 58.0 Å². The van der Waals surface area contributed by atoms with Gasteiger partial charge in [0.2, 0.25) is 11.9 Å². The summed E-state index contributed by atoms with van der Waals surface area (Å²) in [6, 6.07) is 7.57. The van der Waals surface area contributed by atoms with E-state index in [1.165, 1.54) is 16.7 Å². The summed E-state index contributed by atoms with van der Waals surface area (Å²) in [6.07, 6.45) is 1.31. The fourth-order valence-corrected chi connectivity index (χ4v) is 6.18. The van der Waals surface area contributed by atoms with Crippen molar-refractivity contribution in [2.24, 2.45) is 0 Å². The van der Waals surface area contributed by atoms with Gasteiger partial charge < -0.3 is 14.7 Å². The number of piperazine rings is 1. The average molecular weight is 647 g/mol. The van der Waals surface area contributed by atoms with Gasteiger partial charge in [0.25, 0.3) is 0 Å². The number of benzene rings is 1. The molecule has 1 amide bonds. The van der Waals surface area contributed by atoms with Crippen molar-refractivity contribution in [3.05, 3.63) is 75.7 Å². The van der Waals surface area contributed by atoms with Gasteiger partial charge in [0.05, 0.1) is 33.2 Å². The van der Waals surface area contributed by atoms with E-state index in [9.17, 15) is 9.59 Å². The lowest BCUT2D eigenvalue weighted by atomic mass is 10.0. The number of anilines is 2. The standard InChI is InChI=1S/C34H40ClFN8O2/c1-10-26(45)42-16-21(7)43(17-20(42)6)31-23-15-24(35)29(22-13-11-12-14-25(22)36)37-32(23)44(34(46)40-31)30-27(18(2)3)38-33(41(8)9)39-28(30)19(4)5/h10-15,18-21H,1,16-17H2,2-9H3. The molecule has 0 N–H and O–H groups in total. The number of nitrogens with zero attached hydrogens (tertiary/aromatic N) is 8. The molecule has 1 saturated heterocycles. The highest BCUT2D eigenvalue weighted by atomic mass is 35.5. The molecule has 0 radical (unpaired) electrons. The van der Waals surface area contributed by atoms with Crippen molar-refractivity contribution < 1.29 is 9.18 Å². The highest BCUT2D eigenvalue weighted by molar-refractivity contribution is 6.33. The third-order valence-electron chi connectivity index (χ3n) is 8.29. The van der Waals surface area contributed by atoms with Crippen molar-refractivity contribution in [3.63, 3.8) is 0 Å². The SMILES string of the molecule is C=CC(=O)N1CC(C)N(c2nc(=O)n(-c3c(C(C)C)nc(N(C)C)nc3C(C)C)c3nc(-c4ccccc4F)c(Cl)cc23)CC1C. The van der Waals surface area contributed by atoms with Gasteiger partial charge in [-0.05, 0) is 50.0 Å². The van der Waals surface area contributed by atoms with Crippen molar-refractivity contribution in [3.8, 4) is 16.9 Å². The monoisotopic (exact) mass is 646 g/mol. The Morgan fingerprint density at radius 1 is 1.02 bits per heavy atom. The van der Waals surface area contributed by atoms with Crippen molar-refractivity contribution >= 4 is 40.3 Å². The lowest BCUT2D eigenvalue weighted by Gasteiger charge is -2.44. The Labute approximate surface area is 273 Å². The minimum absolute atomic E-state index is 0.0921. The maximum atomic E-state index is 15.2. The molecular formula is C34H40ClFN8O2. The molecule has 0 spiro atoms. The molecule has 4 heterocycles. The third-order valence-corrected chi connectivity index (χ3v) is 8.58. The molecule has 10 nitrogen and oxygen atoms in total. The first-order valence-corrected chi connectivity index (χ1v) is 15.8. The van der Waals surface area contributed by atoms with Crippen LogP contribution in [-0.4, -0.2) is 74.6 Å². The largest absolute Gasteiger partial charge is 0.355 e. The molecule has 0 bridgehead atoms. The van der Waals surface area contributed by atoms with Crippen molar-refractivity contribution in [1.82, 2.24) is 29.4 Å². The molecule has 3 aromatic heterocycles. The van der Waals surface area contributed by atoms with Gasteiger partial charge in [-0.2, -0.15) is 4.98 Å². The van der Waals surface area contributed by atoms with E-state index in [4.69, 9.17) is 26.6 Å². The fourth-order valence-electron chi connectivity index (χ4n) is 5.93. The van der Waals surface area contributed by atoms with Crippen LogP contribution in [-0.2, 0) is 4.79 Å². The molecule has 2 atom stereocenters. The first kappa shape index (κ1) is 33.0. The Kier molecular flexibility index (Phi) is 9.17. The molecule has 4 aromatic rings. The Morgan fingerprint density at radius 3 is 2.22 bits per heavy atom. The maximum Gasteiger partial charge on any atom is 0.355 e. The Morgan fingerprint density at radius 2 is 1.65 bits per heavy atom. The van der Waals surface area contributed by atoms with E-state index in [0.717, 1.165) is 0 Å². The van der Waals surface area contributed by atoms with E-state index >= 15 is 4.39 Å². The number of carbonyl (C=O) groups excluding carboxylic acids is 1. The van der Waals surface area contributed by atoms with Crippen molar-refractivity contribution in [2.75, 3.05) is 37.0 Å². The van der Waals surface area contributed by atoms with Gasteiger partial charge in [0.15, 0.2) is 5.65 Å². The summed E-state index contributed by atoms with van der Waals surface area (Å²) in [4.78, 5) is 51.9. The molecule has 0 aliphatic carbocycles. The number of aromatic nitrogens is 5. The number of fused-ring (bicyclic) bond motifs is 1. The fraction of sp³-hybridized carbons (Fsp3) is 0.412. The molecule has 0 saturated carbocycles. The zero-order valence-electron chi connectivity index (χ0n) is 27.5. The zero-order chi connectivity index (χ0) is 33.6. The van der Waals surface area contributed by atoms with Crippen LogP contribution in [0.3, 0.4) is 0 Å². The summed E-state index contributed by atoms with van der Waals surface area (Å²) in [5, 5.41) is 0.715. The average Bonchev–Trinajstić information content (AvgIpc) is 3.01. The first-order valence-electron chi connectivity index (χ1n) is 15.4. The number of rotatable bonds is 7. The Balaban J connectivity index is 1.88. The number of pyridine rings is 1. The van der Waals surface area contributed by atoms with Crippen LogP contribution < -0.4 is 15.5 Å². The quantitative estimate of drug-likeness (QED) is 0.227. The summed E-state index contributed by atoms with van der Waals surface area (Å²) in [5.41, 5.74) is 1.90. The molecule has 5 rings (SSSR count). The molecule has 1 aromatic carbocycles. The third kappa shape index (κ3) is 5.84. The predicted molar refractivity (Wildman–Crippen MR) is 182 cm³/mol. The summed E-state index contributed by atoms with van der Waals surface area (Å²) in [6.45, 7) is 16.4. The van der Waals surface area contributed by atoms with Crippen LogP contribution in [0.15, 0.2) is 47.8 Å². The highest BCUT2D eigenvalue weighted by Gasteiger charge is 2.34. The summed E-state index contributed by atoms with van der Waals surface area (Å²) >= 11 is 6.87.